The van der Waals surface area contributed by atoms with Crippen LogP contribution in [-0.2, 0) is 25.9 Å². The number of aliphatic carboxylic acids is 1. The Hall–Kier alpha value is -15.2. The summed E-state index contributed by atoms with van der Waals surface area (Å²) in [6, 6.07) is 24.7. The van der Waals surface area contributed by atoms with Crippen LogP contribution in [0.3, 0.4) is 0 Å². The van der Waals surface area contributed by atoms with E-state index in [1.54, 1.807) is 91.3 Å². The molecule has 15 N–H and O–H groups in total. The van der Waals surface area contributed by atoms with Crippen LogP contribution < -0.4 is 28.3 Å². The molecule has 11 heterocycles. The number of imidazole rings is 6. The fourth-order valence-corrected chi connectivity index (χ4v) is 11.8. The van der Waals surface area contributed by atoms with Gasteiger partial charge in [-0.25, -0.2) is 89.8 Å². The fraction of sp³-hybridized carbons (Fsp3) is 0.0541. The van der Waals surface area contributed by atoms with Gasteiger partial charge >= 0.3 is 42.7 Å². The zero-order valence-electron chi connectivity index (χ0n) is 64.7. The molecule has 0 unspecified atom stereocenters. The summed E-state index contributed by atoms with van der Waals surface area (Å²) < 4.78 is 113. The SMILES string of the molecule is CC(=O)O.Cn1cc[nH]c1=S.Cn1ccnc1Sc1cc(-c2nc3ncccc3[nH]2)c(N)cc1F.Cn1ccnc1Sc1cc(-c2nc3ncccc3[nH]2)c([N+](=O)[O-])cc1F.Nc1cccnc1N.Nc1ncccc1NC(=O)c1cc(F)c(F)cc1[N+](=O)[O-].O=C(O)c1cc(F)c(F)cc1[N+](=O)[O-].O=[N+]([O-])c1cc(F)c(F)cc1-c1nc2ncccc2[nH]1.[Cl][Sn][Cl]. The molecule has 11 aromatic heterocycles. The number of nitrogens with two attached hydrogens (primary N) is 4. The van der Waals surface area contributed by atoms with Crippen molar-refractivity contribution >= 4 is 175 Å². The molecule has 0 aliphatic heterocycles. The first-order valence-electron chi connectivity index (χ1n) is 34.6. The van der Waals surface area contributed by atoms with Gasteiger partial charge in [0.05, 0.1) is 92.8 Å². The first kappa shape index (κ1) is 97.3. The molecule has 654 valence electrons. The number of H-pyrrole nitrogens is 4. The molecule has 0 bridgehead atoms. The van der Waals surface area contributed by atoms with Crippen molar-refractivity contribution in [3.05, 3.63) is 292 Å². The third-order valence-corrected chi connectivity index (χ3v) is 18.4. The Morgan fingerprint density at radius 2 is 0.827 bits per heavy atom. The van der Waals surface area contributed by atoms with E-state index in [1.165, 1.54) is 48.4 Å². The number of fused-ring (bicyclic) bond motifs is 3. The van der Waals surface area contributed by atoms with Crippen LogP contribution in [0.5, 0.6) is 0 Å². The quantitative estimate of drug-likeness (QED) is 0.0120. The number of nitrogen functional groups attached to an aromatic ring is 4. The number of nitro benzene ring substituents is 4. The molecule has 5 aromatic carbocycles. The monoisotopic (exact) mass is 1960 g/mol. The molecule has 0 saturated heterocycles. The third-order valence-electron chi connectivity index (χ3n) is 15.8. The molecule has 127 heavy (non-hydrogen) atoms. The van der Waals surface area contributed by atoms with Crippen molar-refractivity contribution in [2.24, 2.45) is 21.1 Å². The first-order valence-corrected chi connectivity index (χ1v) is 43.8. The van der Waals surface area contributed by atoms with E-state index in [4.69, 9.17) is 68.0 Å². The van der Waals surface area contributed by atoms with Gasteiger partial charge in [-0.1, -0.05) is 0 Å². The van der Waals surface area contributed by atoms with E-state index in [9.17, 15) is 85.2 Å². The number of nitrogens with one attached hydrogen (secondary N) is 5. The van der Waals surface area contributed by atoms with Crippen LogP contribution in [0.2, 0.25) is 0 Å². The second kappa shape index (κ2) is 45.3. The van der Waals surface area contributed by atoms with Gasteiger partial charge < -0.3 is 72.1 Å². The maximum atomic E-state index is 14.4. The van der Waals surface area contributed by atoms with Gasteiger partial charge in [0.25, 0.3) is 34.6 Å². The standard InChI is InChI=1S/C16H11FN6O2S.C16H13FN6S.C12H8F2N4O3.C12H6F2N4O2.C7H3F2NO4.C5H7N3.C4H6N2S.C2H4O2.2ClH.Sn/c1-22-6-5-19-16(22)26-13-7-9(12(23(24)25)8-10(13)17)14-20-11-3-2-4-18-15(11)21-14;1-23-6-5-20-16(23)24-13-7-9(11(18)8-10(13)17)14-21-12-3-2-4-19-15(12)22-14;13-7-4-6(10(18(20)21)5-8(7)14)12(19)17-9-2-1-3-16-11(9)15;13-7-4-6(10(18(19)20)5-8(7)14)11-16-9-2-1-3-15-12(9)17-11;8-4-1-3(7(11)12)6(10(13)14)2-5(4)9;6-4-2-1-3-8-5(4)7;1-6-3-2-5-4(6)7;1-2(3)4;;;/h2-8H,1H3,(H,18,20,21);2-8H,18H2,1H3,(H,19,21,22);1-5H,(H2,15,16)(H,17,19);1-5H,(H,15,16,17);1-2H,(H,11,12);1-3H,6H2,(H2,7,8);2-3H,1H3,(H,5,7);1H3,(H,3,4);2*1H;/q;;;;;;;;;;+2/p-2. The first-order chi connectivity index (χ1) is 60.3. The molecule has 39 nitrogen and oxygen atoms in total. The Balaban J connectivity index is 0.000000186. The van der Waals surface area contributed by atoms with Gasteiger partial charge in [-0.2, -0.15) is 0 Å². The Kier molecular flexibility index (Phi) is 34.7. The second-order valence-corrected chi connectivity index (χ2v) is 31.1. The normalized spacial score (nSPS) is 10.3. The summed E-state index contributed by atoms with van der Waals surface area (Å²) in [7, 11) is 15.4. The number of halogens is 10. The number of amides is 1. The van der Waals surface area contributed by atoms with Gasteiger partial charge in [0, 0.05) is 107 Å². The van der Waals surface area contributed by atoms with Crippen LogP contribution in [0.25, 0.3) is 67.7 Å². The topological polar surface area (TPSA) is 587 Å². The molecule has 0 saturated carbocycles. The number of carboxylic acids is 2. The molecule has 53 heteroatoms. The zero-order chi connectivity index (χ0) is 93.2. The van der Waals surface area contributed by atoms with Crippen LogP contribution in [0, 0.1) is 91.8 Å². The Labute approximate surface area is 736 Å². The van der Waals surface area contributed by atoms with E-state index in [1.807, 2.05) is 54.0 Å². The molecule has 0 spiro atoms. The van der Waals surface area contributed by atoms with Gasteiger partial charge in [-0.05, 0) is 133 Å². The molecule has 0 aliphatic rings. The molecule has 0 atom stereocenters. The summed E-state index contributed by atoms with van der Waals surface area (Å²) in [6.07, 6.45) is 18.2. The summed E-state index contributed by atoms with van der Waals surface area (Å²) in [5.74, 6) is -11.5. The van der Waals surface area contributed by atoms with Crippen LogP contribution in [0.4, 0.5) is 86.6 Å². The van der Waals surface area contributed by atoms with Crippen LogP contribution in [0.1, 0.15) is 27.6 Å². The summed E-state index contributed by atoms with van der Waals surface area (Å²) in [4.78, 5) is 124. The third kappa shape index (κ3) is 26.7. The van der Waals surface area contributed by atoms with Crippen molar-refractivity contribution < 1.29 is 79.4 Å². The van der Waals surface area contributed by atoms with Gasteiger partial charge in [0.15, 0.2) is 66.9 Å². The Morgan fingerprint density at radius 3 is 1.20 bits per heavy atom. The number of anilines is 5. The summed E-state index contributed by atoms with van der Waals surface area (Å²) in [6.45, 7) is 1.08. The number of aromatic nitrogens is 17. The van der Waals surface area contributed by atoms with Crippen molar-refractivity contribution in [3.8, 4) is 34.2 Å². The number of hydrogen-bond donors (Lipinski definition) is 11. The van der Waals surface area contributed by atoms with E-state index in [0.717, 1.165) is 41.1 Å². The zero-order valence-corrected chi connectivity index (χ0v) is 71.5. The van der Waals surface area contributed by atoms with E-state index < -0.39 is 131 Å². The number of carboxylic acid groups (broad SMARTS) is 2. The summed E-state index contributed by atoms with van der Waals surface area (Å²) in [5.41, 5.74) is 22.8. The number of rotatable bonds is 14. The second-order valence-electron chi connectivity index (χ2n) is 24.4. The average Bonchev–Trinajstić information content (AvgIpc) is 1.63. The predicted molar refractivity (Wildman–Crippen MR) is 454 cm³/mol. The molecular weight excluding hydrogens is 1900 g/mol. The number of nitro groups is 4. The van der Waals surface area contributed by atoms with Gasteiger partial charge in [0.1, 0.15) is 51.9 Å². The van der Waals surface area contributed by atoms with Crippen LogP contribution in [-0.4, -0.2) is 150 Å². The molecule has 16 aromatic rings. The fourth-order valence-electron chi connectivity index (χ4n) is 9.97. The number of pyridine rings is 5. The number of aromatic carboxylic acids is 1. The Bertz CT molecular complexity index is 6630. The van der Waals surface area contributed by atoms with Gasteiger partial charge in [-0.3, -0.25) is 50.0 Å². The summed E-state index contributed by atoms with van der Waals surface area (Å²) >= 11 is 6.28. The predicted octanol–water partition coefficient (Wildman–Crippen LogP) is 15.7. The number of aryl methyl sites for hydroxylation is 3. The van der Waals surface area contributed by atoms with Gasteiger partial charge in [-0.15, -0.1) is 0 Å². The van der Waals surface area contributed by atoms with E-state index in [-0.39, 0.29) is 57.0 Å². The maximum absolute atomic E-state index is 14.4. The van der Waals surface area contributed by atoms with Crippen molar-refractivity contribution in [2.45, 2.75) is 27.0 Å². The van der Waals surface area contributed by atoms with E-state index >= 15 is 0 Å². The minimum atomic E-state index is -1.68. The number of carbonyl (C=O) groups excluding carboxylic acids is 1. The molecule has 1 amide bonds. The molecule has 0 aliphatic carbocycles. The minimum absolute atomic E-state index is 0.0175. The number of carbonyl (C=O) groups is 3. The van der Waals surface area contributed by atoms with E-state index in [0.29, 0.717) is 90.0 Å². The molecule has 16 rings (SSSR count). The van der Waals surface area contributed by atoms with E-state index in [2.05, 4.69) is 75.1 Å². The average molecular weight is 1960 g/mol. The molecule has 2 radical (unpaired) electrons. The number of benzene rings is 5. The number of nitrogens with zero attached hydrogens (tertiary/aromatic N) is 17. The van der Waals surface area contributed by atoms with Crippen molar-refractivity contribution in [3.63, 3.8) is 0 Å². The number of hydrogen-bond acceptors (Lipinski definition) is 28. The number of aromatic amines is 4. The van der Waals surface area contributed by atoms with Gasteiger partial charge in [0.2, 0.25) is 0 Å². The van der Waals surface area contributed by atoms with Crippen LogP contribution in [0.15, 0.2) is 210 Å². The molecular formula is C74H58Cl2F8N26O13S3Sn. The van der Waals surface area contributed by atoms with Crippen molar-refractivity contribution in [1.29, 1.82) is 0 Å². The van der Waals surface area contributed by atoms with Crippen molar-refractivity contribution in [2.75, 3.05) is 28.3 Å². The van der Waals surface area contributed by atoms with Crippen molar-refractivity contribution in [1.82, 2.24) is 83.5 Å². The summed E-state index contributed by atoms with van der Waals surface area (Å²) in [5, 5.41) is 62.7. The Morgan fingerprint density at radius 1 is 0.465 bits per heavy atom. The van der Waals surface area contributed by atoms with Crippen LogP contribution >= 0.6 is 53.6 Å². The molecule has 0 fully saturated rings.